The molecule has 0 aliphatic carbocycles. The number of hydrogen-bond acceptors (Lipinski definition) is 5. The fraction of sp³-hybridized carbons (Fsp3) is 0.571. The quantitative estimate of drug-likeness (QED) is 0.709. The average molecular weight is 383 g/mol. The van der Waals surface area contributed by atoms with Gasteiger partial charge in [-0.1, -0.05) is 11.6 Å². The minimum atomic E-state index is -0.103. The zero-order valence-electron chi connectivity index (χ0n) is 17.2. The topological polar surface area (TPSA) is 99.9 Å². The van der Waals surface area contributed by atoms with E-state index in [2.05, 4.69) is 54.3 Å². The second kappa shape index (κ2) is 6.58. The molecular formula is C21H30N6O. The Balaban J connectivity index is 1.54. The predicted molar refractivity (Wildman–Crippen MR) is 111 cm³/mol. The fourth-order valence-corrected chi connectivity index (χ4v) is 4.98. The van der Waals surface area contributed by atoms with Gasteiger partial charge in [0.2, 0.25) is 5.91 Å². The minimum Gasteiger partial charge on any atom is -0.384 e. The van der Waals surface area contributed by atoms with Crippen molar-refractivity contribution in [3.63, 3.8) is 0 Å². The highest BCUT2D eigenvalue weighted by molar-refractivity contribution is 5.86. The molecule has 0 saturated carbocycles. The molecule has 0 bridgehead atoms. The number of carbonyl (C=O) groups is 1. The number of nitrogens with one attached hydrogen (secondary N) is 2. The Morgan fingerprint density at radius 2 is 2.11 bits per heavy atom. The molecule has 7 heteroatoms. The third-order valence-electron chi connectivity index (χ3n) is 5.66. The summed E-state index contributed by atoms with van der Waals surface area (Å²) in [5.74, 6) is 0.710. The maximum Gasteiger partial charge on any atom is 0.227 e. The number of nitrogens with zero attached hydrogens (tertiary/aromatic N) is 3. The van der Waals surface area contributed by atoms with Crippen LogP contribution in [0.4, 0.5) is 5.82 Å². The van der Waals surface area contributed by atoms with Gasteiger partial charge in [0.1, 0.15) is 5.82 Å². The summed E-state index contributed by atoms with van der Waals surface area (Å²) in [7, 11) is 0. The van der Waals surface area contributed by atoms with Gasteiger partial charge in [-0.15, -0.1) is 0 Å². The van der Waals surface area contributed by atoms with E-state index >= 15 is 0 Å². The van der Waals surface area contributed by atoms with Crippen molar-refractivity contribution in [3.8, 4) is 0 Å². The molecule has 2 aliphatic heterocycles. The number of amides is 1. The van der Waals surface area contributed by atoms with Crippen molar-refractivity contribution in [2.24, 2.45) is 0 Å². The number of fused-ring (bicyclic) bond motifs is 1. The average Bonchev–Trinajstić information content (AvgIpc) is 3.19. The highest BCUT2D eigenvalue weighted by Gasteiger charge is 2.35. The van der Waals surface area contributed by atoms with Gasteiger partial charge in [0.15, 0.2) is 5.65 Å². The third kappa shape index (κ3) is 3.63. The van der Waals surface area contributed by atoms with Gasteiger partial charge in [-0.25, -0.2) is 4.98 Å². The maximum absolute atomic E-state index is 13.2. The van der Waals surface area contributed by atoms with E-state index in [0.29, 0.717) is 17.9 Å². The Hall–Kier alpha value is -2.41. The first kappa shape index (κ1) is 18.9. The Bertz CT molecular complexity index is 942. The van der Waals surface area contributed by atoms with Crippen molar-refractivity contribution in [2.75, 3.05) is 12.3 Å². The maximum atomic E-state index is 13.2. The van der Waals surface area contributed by atoms with Crippen LogP contribution < -0.4 is 11.1 Å². The Labute approximate surface area is 165 Å². The number of pyridine rings is 1. The van der Waals surface area contributed by atoms with E-state index in [9.17, 15) is 4.79 Å². The number of aromatic nitrogens is 3. The summed E-state index contributed by atoms with van der Waals surface area (Å²) in [6, 6.07) is 3.93. The summed E-state index contributed by atoms with van der Waals surface area (Å²) < 4.78 is 0. The second-order valence-electron chi connectivity index (χ2n) is 9.38. The molecule has 2 aromatic rings. The van der Waals surface area contributed by atoms with Crippen LogP contribution >= 0.6 is 0 Å². The van der Waals surface area contributed by atoms with Crippen molar-refractivity contribution in [3.05, 3.63) is 29.5 Å². The van der Waals surface area contributed by atoms with Gasteiger partial charge in [-0.2, -0.15) is 5.10 Å². The summed E-state index contributed by atoms with van der Waals surface area (Å²) in [6.45, 7) is 9.49. The molecule has 1 saturated heterocycles. The Morgan fingerprint density at radius 1 is 1.32 bits per heavy atom. The number of nitrogens with two attached hydrogens (primary N) is 1. The predicted octanol–water partition coefficient (Wildman–Crippen LogP) is 3.07. The SMILES string of the molecule is CC1(C)C=C(CC(=O)N2CCC[C@H]2c2ccc3c(N)[nH]nc3n2)CC(C)(C)N1. The summed E-state index contributed by atoms with van der Waals surface area (Å²) in [4.78, 5) is 19.8. The van der Waals surface area contributed by atoms with Crippen LogP contribution in [0.2, 0.25) is 0 Å². The summed E-state index contributed by atoms with van der Waals surface area (Å²) >= 11 is 0. The van der Waals surface area contributed by atoms with Gasteiger partial charge in [-0.05, 0) is 59.1 Å². The van der Waals surface area contributed by atoms with Gasteiger partial charge >= 0.3 is 0 Å². The molecule has 4 heterocycles. The number of carbonyl (C=O) groups excluding carboxylic acids is 1. The highest BCUT2D eigenvalue weighted by atomic mass is 16.2. The van der Waals surface area contributed by atoms with E-state index in [1.54, 1.807) is 0 Å². The third-order valence-corrected chi connectivity index (χ3v) is 5.66. The monoisotopic (exact) mass is 382 g/mol. The van der Waals surface area contributed by atoms with Crippen LogP contribution in [0, 0.1) is 0 Å². The molecule has 4 N–H and O–H groups in total. The second-order valence-corrected chi connectivity index (χ2v) is 9.38. The van der Waals surface area contributed by atoms with Gasteiger partial charge in [-0.3, -0.25) is 9.89 Å². The van der Waals surface area contributed by atoms with Crippen LogP contribution in [0.1, 0.15) is 65.1 Å². The van der Waals surface area contributed by atoms with Gasteiger partial charge < -0.3 is 16.0 Å². The van der Waals surface area contributed by atoms with E-state index in [1.165, 1.54) is 5.57 Å². The lowest BCUT2D eigenvalue weighted by Gasteiger charge is -2.41. The van der Waals surface area contributed by atoms with E-state index < -0.39 is 0 Å². The lowest BCUT2D eigenvalue weighted by atomic mass is 9.82. The van der Waals surface area contributed by atoms with Crippen LogP contribution in [0.3, 0.4) is 0 Å². The molecule has 1 amide bonds. The number of anilines is 1. The molecule has 1 fully saturated rings. The van der Waals surface area contributed by atoms with Crippen LogP contribution in [0.25, 0.3) is 11.0 Å². The van der Waals surface area contributed by atoms with Crippen molar-refractivity contribution in [1.29, 1.82) is 0 Å². The van der Waals surface area contributed by atoms with Crippen molar-refractivity contribution < 1.29 is 4.79 Å². The van der Waals surface area contributed by atoms with E-state index in [1.807, 2.05) is 17.0 Å². The number of nitrogen functional groups attached to an aromatic ring is 1. The largest absolute Gasteiger partial charge is 0.384 e. The molecule has 0 aromatic carbocycles. The molecule has 1 atom stereocenters. The van der Waals surface area contributed by atoms with Crippen LogP contribution in [-0.4, -0.2) is 43.6 Å². The van der Waals surface area contributed by atoms with Crippen LogP contribution in [-0.2, 0) is 4.79 Å². The zero-order chi connectivity index (χ0) is 20.1. The van der Waals surface area contributed by atoms with E-state index in [-0.39, 0.29) is 23.0 Å². The van der Waals surface area contributed by atoms with Crippen LogP contribution in [0.5, 0.6) is 0 Å². The first-order valence-electron chi connectivity index (χ1n) is 10.0. The molecule has 28 heavy (non-hydrogen) atoms. The minimum absolute atomic E-state index is 0.00918. The number of rotatable bonds is 3. The van der Waals surface area contributed by atoms with Crippen LogP contribution in [0.15, 0.2) is 23.8 Å². The molecule has 7 nitrogen and oxygen atoms in total. The smallest absolute Gasteiger partial charge is 0.227 e. The summed E-state index contributed by atoms with van der Waals surface area (Å²) in [6.07, 6.45) is 5.51. The summed E-state index contributed by atoms with van der Waals surface area (Å²) in [5.41, 5.74) is 8.48. The summed E-state index contributed by atoms with van der Waals surface area (Å²) in [5, 5.41) is 11.4. The molecule has 0 spiro atoms. The van der Waals surface area contributed by atoms with E-state index in [4.69, 9.17) is 5.73 Å². The molecule has 2 aromatic heterocycles. The first-order chi connectivity index (χ1) is 13.1. The normalized spacial score (nSPS) is 23.8. The fourth-order valence-electron chi connectivity index (χ4n) is 4.98. The molecule has 0 unspecified atom stereocenters. The molecule has 4 rings (SSSR count). The van der Waals surface area contributed by atoms with Gasteiger partial charge in [0.05, 0.1) is 17.1 Å². The molecule has 0 radical (unpaired) electrons. The molecule has 150 valence electrons. The number of H-pyrrole nitrogens is 1. The lowest BCUT2D eigenvalue weighted by molar-refractivity contribution is -0.131. The molecular weight excluding hydrogens is 352 g/mol. The highest BCUT2D eigenvalue weighted by Crippen LogP contribution is 2.35. The van der Waals surface area contributed by atoms with E-state index in [0.717, 1.165) is 36.9 Å². The number of hydrogen-bond donors (Lipinski definition) is 3. The van der Waals surface area contributed by atoms with Crippen molar-refractivity contribution in [2.45, 2.75) is 70.5 Å². The van der Waals surface area contributed by atoms with Gasteiger partial charge in [0, 0.05) is 24.0 Å². The Kier molecular flexibility index (Phi) is 4.45. The Morgan fingerprint density at radius 3 is 2.86 bits per heavy atom. The number of aromatic amines is 1. The standard InChI is InChI=1S/C21H30N6O/c1-20(2)11-13(12-21(3,4)26-20)10-17(28)27-9-5-6-16(27)15-8-7-14-18(22)24-25-19(14)23-15/h7-8,11,16,26H,5-6,9-10,12H2,1-4H3,(H3,22,23,24,25)/t16-/m0/s1. The van der Waals surface area contributed by atoms with Crippen molar-refractivity contribution in [1.82, 2.24) is 25.4 Å². The lowest BCUT2D eigenvalue weighted by Crippen LogP contribution is -2.54. The van der Waals surface area contributed by atoms with Crippen molar-refractivity contribution >= 4 is 22.8 Å². The number of likely N-dealkylation sites (tertiary alicyclic amines) is 1. The zero-order valence-corrected chi connectivity index (χ0v) is 17.2. The molecule has 2 aliphatic rings. The van der Waals surface area contributed by atoms with Gasteiger partial charge in [0.25, 0.3) is 0 Å². The first-order valence-corrected chi connectivity index (χ1v) is 10.0.